The van der Waals surface area contributed by atoms with Crippen LogP contribution in [0, 0.1) is 5.92 Å². The topological polar surface area (TPSA) is 112 Å². The highest BCUT2D eigenvalue weighted by molar-refractivity contribution is 5.84. The van der Waals surface area contributed by atoms with E-state index in [1.165, 1.54) is 4.90 Å². The first-order valence-electron chi connectivity index (χ1n) is 10.9. The normalized spacial score (nSPS) is 13.0. The second kappa shape index (κ2) is 10.7. The van der Waals surface area contributed by atoms with Gasteiger partial charge in [0.25, 0.3) is 0 Å². The Balaban J connectivity index is 2.09. The van der Waals surface area contributed by atoms with Gasteiger partial charge in [-0.2, -0.15) is 0 Å². The van der Waals surface area contributed by atoms with Crippen LogP contribution in [0.1, 0.15) is 57.5 Å². The quantitative estimate of drug-likeness (QED) is 0.496. The number of hydrogen-bond acceptors (Lipinski definition) is 5. The summed E-state index contributed by atoms with van der Waals surface area (Å²) in [5.41, 5.74) is 2.82. The highest BCUT2D eigenvalue weighted by Gasteiger charge is 2.39. The molecule has 0 radical (unpaired) electrons. The summed E-state index contributed by atoms with van der Waals surface area (Å²) in [4.78, 5) is 27.0. The molecule has 0 saturated heterocycles. The second-order valence-electron chi connectivity index (χ2n) is 8.11. The molecule has 1 aromatic heterocycles. The van der Waals surface area contributed by atoms with Gasteiger partial charge >= 0.3 is 5.97 Å². The SMILES string of the molecule is CCCCC(=O)N(C(c1ccc(-c2ccccc2)cc1)c1nnn[nH]1)C(C(=O)O)C(C)C. The molecule has 1 heterocycles. The first-order valence-corrected chi connectivity index (χ1v) is 10.9. The monoisotopic (exact) mass is 435 g/mol. The first-order chi connectivity index (χ1) is 15.4. The zero-order valence-corrected chi connectivity index (χ0v) is 18.6. The molecule has 1 amide bonds. The molecule has 3 aromatic rings. The molecule has 2 aromatic carbocycles. The first kappa shape index (κ1) is 23.1. The van der Waals surface area contributed by atoms with E-state index in [1.807, 2.05) is 61.5 Å². The third-order valence-corrected chi connectivity index (χ3v) is 5.45. The van der Waals surface area contributed by atoms with Crippen molar-refractivity contribution in [3.05, 3.63) is 66.0 Å². The van der Waals surface area contributed by atoms with E-state index in [4.69, 9.17) is 0 Å². The number of hydrogen-bond donors (Lipinski definition) is 2. The van der Waals surface area contributed by atoms with Crippen molar-refractivity contribution in [2.24, 2.45) is 5.92 Å². The number of rotatable bonds is 10. The lowest BCUT2D eigenvalue weighted by molar-refractivity contribution is -0.154. The van der Waals surface area contributed by atoms with E-state index in [2.05, 4.69) is 20.6 Å². The van der Waals surface area contributed by atoms with Crippen molar-refractivity contribution < 1.29 is 14.7 Å². The molecule has 2 unspecified atom stereocenters. The van der Waals surface area contributed by atoms with Crippen molar-refractivity contribution in [2.75, 3.05) is 0 Å². The van der Waals surface area contributed by atoms with Crippen molar-refractivity contribution in [3.63, 3.8) is 0 Å². The van der Waals surface area contributed by atoms with Gasteiger partial charge in [-0.25, -0.2) is 9.89 Å². The summed E-state index contributed by atoms with van der Waals surface area (Å²) in [5.74, 6) is -1.26. The van der Waals surface area contributed by atoms with Gasteiger partial charge in [-0.3, -0.25) is 4.79 Å². The third kappa shape index (κ3) is 5.19. The Bertz CT molecular complexity index is 1000. The van der Waals surface area contributed by atoms with Crippen molar-refractivity contribution >= 4 is 11.9 Å². The number of nitrogens with zero attached hydrogens (tertiary/aromatic N) is 4. The summed E-state index contributed by atoms with van der Waals surface area (Å²) >= 11 is 0. The van der Waals surface area contributed by atoms with E-state index < -0.39 is 18.1 Å². The van der Waals surface area contributed by atoms with Crippen LogP contribution in [0.5, 0.6) is 0 Å². The van der Waals surface area contributed by atoms with Gasteiger partial charge in [0.15, 0.2) is 5.82 Å². The van der Waals surface area contributed by atoms with E-state index in [9.17, 15) is 14.7 Å². The molecule has 8 heteroatoms. The summed E-state index contributed by atoms with van der Waals surface area (Å²) in [6.45, 7) is 5.59. The van der Waals surface area contributed by atoms with E-state index in [-0.39, 0.29) is 18.2 Å². The molecule has 0 aliphatic rings. The lowest BCUT2D eigenvalue weighted by atomic mass is 9.94. The Morgan fingerprint density at radius 2 is 1.69 bits per heavy atom. The number of carboxylic acid groups (broad SMARTS) is 1. The van der Waals surface area contributed by atoms with Crippen LogP contribution in [0.25, 0.3) is 11.1 Å². The molecule has 0 fully saturated rings. The number of aromatic nitrogens is 4. The molecule has 0 aliphatic carbocycles. The zero-order valence-electron chi connectivity index (χ0n) is 18.6. The highest BCUT2D eigenvalue weighted by Crippen LogP contribution is 2.32. The van der Waals surface area contributed by atoms with Gasteiger partial charge in [-0.1, -0.05) is 81.8 Å². The lowest BCUT2D eigenvalue weighted by Crippen LogP contribution is -2.50. The number of carbonyl (C=O) groups excluding carboxylic acids is 1. The fourth-order valence-corrected chi connectivity index (χ4v) is 3.86. The molecule has 2 atom stereocenters. The van der Waals surface area contributed by atoms with Gasteiger partial charge in [0.05, 0.1) is 0 Å². The van der Waals surface area contributed by atoms with Crippen LogP contribution in [0.4, 0.5) is 0 Å². The van der Waals surface area contributed by atoms with Gasteiger partial charge < -0.3 is 10.0 Å². The van der Waals surface area contributed by atoms with Crippen molar-refractivity contribution in [1.29, 1.82) is 0 Å². The Morgan fingerprint density at radius 1 is 1.03 bits per heavy atom. The Morgan fingerprint density at radius 3 is 2.22 bits per heavy atom. The molecule has 8 nitrogen and oxygen atoms in total. The summed E-state index contributed by atoms with van der Waals surface area (Å²) in [6, 6.07) is 15.9. The van der Waals surface area contributed by atoms with E-state index in [1.54, 1.807) is 13.8 Å². The van der Waals surface area contributed by atoms with Crippen molar-refractivity contribution in [1.82, 2.24) is 25.5 Å². The van der Waals surface area contributed by atoms with E-state index in [0.717, 1.165) is 23.1 Å². The maximum Gasteiger partial charge on any atom is 0.326 e. The van der Waals surface area contributed by atoms with Crippen LogP contribution >= 0.6 is 0 Å². The molecule has 0 saturated carbocycles. The maximum absolute atomic E-state index is 13.3. The van der Waals surface area contributed by atoms with Crippen LogP contribution in [-0.2, 0) is 9.59 Å². The fourth-order valence-electron chi connectivity index (χ4n) is 3.86. The maximum atomic E-state index is 13.3. The van der Waals surface area contributed by atoms with Gasteiger partial charge in [-0.15, -0.1) is 5.10 Å². The molecule has 0 spiro atoms. The number of nitrogens with one attached hydrogen (secondary N) is 1. The van der Waals surface area contributed by atoms with Crippen LogP contribution in [-0.4, -0.2) is 48.5 Å². The molecule has 2 N–H and O–H groups in total. The van der Waals surface area contributed by atoms with Crippen LogP contribution in [0.2, 0.25) is 0 Å². The molecule has 3 rings (SSSR count). The summed E-state index contributed by atoms with van der Waals surface area (Å²) in [6.07, 6.45) is 1.76. The number of unbranched alkanes of at least 4 members (excludes halogenated alkanes) is 1. The van der Waals surface area contributed by atoms with Gasteiger partial charge in [0.1, 0.15) is 12.1 Å². The Labute approximate surface area is 187 Å². The van der Waals surface area contributed by atoms with Crippen LogP contribution in [0.15, 0.2) is 54.6 Å². The predicted octanol–water partition coefficient (Wildman–Crippen LogP) is 4.08. The highest BCUT2D eigenvalue weighted by atomic mass is 16.4. The van der Waals surface area contributed by atoms with Crippen LogP contribution < -0.4 is 0 Å². The molecule has 32 heavy (non-hydrogen) atoms. The summed E-state index contributed by atoms with van der Waals surface area (Å²) in [5, 5.41) is 24.2. The third-order valence-electron chi connectivity index (χ3n) is 5.45. The van der Waals surface area contributed by atoms with Gasteiger partial charge in [0.2, 0.25) is 5.91 Å². The molecule has 0 aliphatic heterocycles. The minimum absolute atomic E-state index is 0.235. The number of aromatic amines is 1. The number of H-pyrrole nitrogens is 1. The largest absolute Gasteiger partial charge is 0.480 e. The molecule has 168 valence electrons. The second-order valence-corrected chi connectivity index (χ2v) is 8.11. The predicted molar refractivity (Wildman–Crippen MR) is 121 cm³/mol. The Kier molecular flexibility index (Phi) is 7.70. The average Bonchev–Trinajstić information content (AvgIpc) is 3.32. The molecule has 0 bridgehead atoms. The lowest BCUT2D eigenvalue weighted by Gasteiger charge is -2.37. The van der Waals surface area contributed by atoms with E-state index >= 15 is 0 Å². The summed E-state index contributed by atoms with van der Waals surface area (Å²) < 4.78 is 0. The van der Waals surface area contributed by atoms with Crippen molar-refractivity contribution in [3.8, 4) is 11.1 Å². The fraction of sp³-hybridized carbons (Fsp3) is 0.375. The summed E-state index contributed by atoms with van der Waals surface area (Å²) in [7, 11) is 0. The van der Waals surface area contributed by atoms with E-state index in [0.29, 0.717) is 12.2 Å². The standard InChI is InChI=1S/C24H29N5O3/c1-4-5-11-20(30)29(21(16(2)3)24(31)32)22(23-25-27-28-26-23)19-14-12-18(13-15-19)17-9-7-6-8-10-17/h6-10,12-16,21-22H,4-5,11H2,1-3H3,(H,31,32)(H,25,26,27,28). The molecular weight excluding hydrogens is 406 g/mol. The van der Waals surface area contributed by atoms with Crippen LogP contribution in [0.3, 0.4) is 0 Å². The number of carbonyl (C=O) groups is 2. The van der Waals surface area contributed by atoms with Crippen molar-refractivity contribution in [2.45, 2.75) is 52.1 Å². The molecular formula is C24H29N5O3. The minimum Gasteiger partial charge on any atom is -0.480 e. The van der Waals surface area contributed by atoms with Gasteiger partial charge in [-0.05, 0) is 39.5 Å². The number of tetrazole rings is 1. The minimum atomic E-state index is -1.05. The van der Waals surface area contributed by atoms with Gasteiger partial charge in [0, 0.05) is 6.42 Å². The number of aliphatic carboxylic acids is 1. The number of carboxylic acids is 1. The smallest absolute Gasteiger partial charge is 0.326 e. The Hall–Kier alpha value is -3.55. The number of benzene rings is 2. The zero-order chi connectivity index (χ0) is 23.1. The number of amides is 1. The average molecular weight is 436 g/mol.